The van der Waals surface area contributed by atoms with Gasteiger partial charge in [-0.05, 0) is 30.3 Å². The summed E-state index contributed by atoms with van der Waals surface area (Å²) in [7, 11) is 0. The molecule has 0 heterocycles. The van der Waals surface area contributed by atoms with Crippen LogP contribution in [0.15, 0.2) is 54.6 Å². The first kappa shape index (κ1) is 13.5. The van der Waals surface area contributed by atoms with Gasteiger partial charge >= 0.3 is 0 Å². The Balaban J connectivity index is 2.06. The molecule has 4 nitrogen and oxygen atoms in total. The van der Waals surface area contributed by atoms with E-state index in [1.165, 1.54) is 6.07 Å². The van der Waals surface area contributed by atoms with Crippen molar-refractivity contribution in [3.63, 3.8) is 0 Å². The zero-order valence-electron chi connectivity index (χ0n) is 11.4. The number of nitrogens with zero attached hydrogens (tertiary/aromatic N) is 2. The van der Waals surface area contributed by atoms with E-state index in [4.69, 9.17) is 15.3 Å². The van der Waals surface area contributed by atoms with Crippen molar-refractivity contribution in [2.24, 2.45) is 0 Å². The summed E-state index contributed by atoms with van der Waals surface area (Å²) in [4.78, 5) is 0. The molecule has 0 saturated carbocycles. The molecule has 3 rings (SSSR count). The second kappa shape index (κ2) is 5.47. The van der Waals surface area contributed by atoms with Gasteiger partial charge in [-0.1, -0.05) is 24.3 Å². The van der Waals surface area contributed by atoms with Gasteiger partial charge in [-0.25, -0.2) is 0 Å². The lowest BCUT2D eigenvalue weighted by Gasteiger charge is -2.10. The molecule has 0 aliphatic heterocycles. The van der Waals surface area contributed by atoms with E-state index in [9.17, 15) is 5.11 Å². The van der Waals surface area contributed by atoms with Crippen molar-refractivity contribution in [1.82, 2.24) is 0 Å². The van der Waals surface area contributed by atoms with Crippen molar-refractivity contribution in [3.05, 3.63) is 65.7 Å². The van der Waals surface area contributed by atoms with Crippen LogP contribution in [-0.4, -0.2) is 5.11 Å². The second-order valence-corrected chi connectivity index (χ2v) is 4.66. The van der Waals surface area contributed by atoms with Crippen LogP contribution in [0.4, 0.5) is 0 Å². The first-order valence-electron chi connectivity index (χ1n) is 6.56. The fourth-order valence-corrected chi connectivity index (χ4v) is 2.26. The first-order valence-corrected chi connectivity index (χ1v) is 6.56. The van der Waals surface area contributed by atoms with Gasteiger partial charge in [0.1, 0.15) is 29.4 Å². The highest BCUT2D eigenvalue weighted by Gasteiger charge is 2.08. The third-order valence-electron chi connectivity index (χ3n) is 3.32. The summed E-state index contributed by atoms with van der Waals surface area (Å²) in [5.74, 6) is 1.22. The Labute approximate surface area is 127 Å². The van der Waals surface area contributed by atoms with Gasteiger partial charge in [0, 0.05) is 10.8 Å². The molecule has 0 unspecified atom stereocenters. The first-order chi connectivity index (χ1) is 10.7. The van der Waals surface area contributed by atoms with Crippen LogP contribution in [0.2, 0.25) is 0 Å². The molecule has 0 spiro atoms. The van der Waals surface area contributed by atoms with Crippen molar-refractivity contribution >= 4 is 10.8 Å². The lowest BCUT2D eigenvalue weighted by Crippen LogP contribution is -1.89. The molecule has 0 atom stereocenters. The summed E-state index contributed by atoms with van der Waals surface area (Å²) < 4.78 is 5.82. The molecule has 0 aromatic heterocycles. The SMILES string of the molecule is N#Cc1ccc(Oc2cccc3c(O)cccc23)cc1C#N. The molecular weight excluding hydrogens is 276 g/mol. The number of benzene rings is 3. The Kier molecular flexibility index (Phi) is 3.35. The highest BCUT2D eigenvalue weighted by Crippen LogP contribution is 2.34. The van der Waals surface area contributed by atoms with Crippen molar-refractivity contribution in [3.8, 4) is 29.4 Å². The molecule has 0 radical (unpaired) electrons. The predicted octanol–water partition coefficient (Wildman–Crippen LogP) is 4.08. The number of aromatic hydroxyl groups is 1. The highest BCUT2D eigenvalue weighted by atomic mass is 16.5. The number of hydrogen-bond donors (Lipinski definition) is 1. The normalized spacial score (nSPS) is 9.91. The van der Waals surface area contributed by atoms with E-state index in [-0.39, 0.29) is 11.3 Å². The average Bonchev–Trinajstić information content (AvgIpc) is 2.55. The van der Waals surface area contributed by atoms with E-state index in [0.717, 1.165) is 5.39 Å². The molecular formula is C18H10N2O2. The lowest BCUT2D eigenvalue weighted by atomic mass is 10.1. The minimum Gasteiger partial charge on any atom is -0.507 e. The fourth-order valence-electron chi connectivity index (χ4n) is 2.26. The van der Waals surface area contributed by atoms with Crippen LogP contribution >= 0.6 is 0 Å². The second-order valence-electron chi connectivity index (χ2n) is 4.66. The van der Waals surface area contributed by atoms with E-state index >= 15 is 0 Å². The van der Waals surface area contributed by atoms with E-state index < -0.39 is 0 Å². The van der Waals surface area contributed by atoms with Crippen LogP contribution in [0, 0.1) is 22.7 Å². The summed E-state index contributed by atoms with van der Waals surface area (Å²) in [5.41, 5.74) is 0.577. The third kappa shape index (κ3) is 2.30. The van der Waals surface area contributed by atoms with Crippen LogP contribution in [0.25, 0.3) is 10.8 Å². The van der Waals surface area contributed by atoms with Gasteiger partial charge in [-0.2, -0.15) is 10.5 Å². The van der Waals surface area contributed by atoms with Gasteiger partial charge in [-0.3, -0.25) is 0 Å². The van der Waals surface area contributed by atoms with Crippen LogP contribution < -0.4 is 4.74 Å². The summed E-state index contributed by atoms with van der Waals surface area (Å²) in [6.07, 6.45) is 0. The molecule has 4 heteroatoms. The molecule has 0 aliphatic carbocycles. The number of fused-ring (bicyclic) bond motifs is 1. The molecule has 0 aliphatic rings. The molecule has 22 heavy (non-hydrogen) atoms. The molecule has 1 N–H and O–H groups in total. The van der Waals surface area contributed by atoms with Crippen LogP contribution in [0.5, 0.6) is 17.2 Å². The van der Waals surface area contributed by atoms with Gasteiger partial charge in [0.2, 0.25) is 0 Å². The predicted molar refractivity (Wildman–Crippen MR) is 81.6 cm³/mol. The topological polar surface area (TPSA) is 77.0 Å². The number of nitriles is 2. The highest BCUT2D eigenvalue weighted by molar-refractivity contribution is 5.93. The van der Waals surface area contributed by atoms with Crippen LogP contribution in [0.3, 0.4) is 0 Å². The molecule has 3 aromatic rings. The summed E-state index contributed by atoms with van der Waals surface area (Å²) in [6.45, 7) is 0. The van der Waals surface area contributed by atoms with Crippen molar-refractivity contribution in [2.45, 2.75) is 0 Å². The monoisotopic (exact) mass is 286 g/mol. The van der Waals surface area contributed by atoms with Gasteiger partial charge in [0.05, 0.1) is 11.1 Å². The Bertz CT molecular complexity index is 949. The Morgan fingerprint density at radius 2 is 1.55 bits per heavy atom. The smallest absolute Gasteiger partial charge is 0.135 e. The Morgan fingerprint density at radius 3 is 2.32 bits per heavy atom. The maximum atomic E-state index is 9.88. The van der Waals surface area contributed by atoms with Crippen LogP contribution in [-0.2, 0) is 0 Å². The standard InChI is InChI=1S/C18H10N2O2/c19-10-12-7-8-14(9-13(12)11-20)22-18-6-2-3-15-16(18)4-1-5-17(15)21/h1-9,21H. The number of phenolic OH excluding ortho intramolecular Hbond substituents is 1. The molecule has 0 amide bonds. The Hall–Kier alpha value is -3.50. The number of phenols is 1. The number of ether oxygens (including phenoxy) is 1. The maximum absolute atomic E-state index is 9.88. The summed E-state index contributed by atoms with van der Waals surface area (Å²) >= 11 is 0. The zero-order valence-corrected chi connectivity index (χ0v) is 11.4. The zero-order chi connectivity index (χ0) is 15.5. The van der Waals surface area contributed by atoms with Gasteiger partial charge in [0.15, 0.2) is 0 Å². The van der Waals surface area contributed by atoms with E-state index in [2.05, 4.69) is 0 Å². The largest absolute Gasteiger partial charge is 0.507 e. The van der Waals surface area contributed by atoms with Gasteiger partial charge in [0.25, 0.3) is 0 Å². The molecule has 0 bridgehead atoms. The van der Waals surface area contributed by atoms with Crippen molar-refractivity contribution in [1.29, 1.82) is 10.5 Å². The molecule has 3 aromatic carbocycles. The van der Waals surface area contributed by atoms with E-state index in [0.29, 0.717) is 22.4 Å². The summed E-state index contributed by atoms with van der Waals surface area (Å²) in [6, 6.07) is 19.2. The summed E-state index contributed by atoms with van der Waals surface area (Å²) in [5, 5.41) is 29.3. The van der Waals surface area contributed by atoms with Gasteiger partial charge in [-0.15, -0.1) is 0 Å². The van der Waals surface area contributed by atoms with E-state index in [1.54, 1.807) is 42.5 Å². The maximum Gasteiger partial charge on any atom is 0.135 e. The van der Waals surface area contributed by atoms with Crippen molar-refractivity contribution in [2.75, 3.05) is 0 Å². The molecule has 0 saturated heterocycles. The molecule has 104 valence electrons. The lowest BCUT2D eigenvalue weighted by molar-refractivity contribution is 0.478. The fraction of sp³-hybridized carbons (Fsp3) is 0. The quantitative estimate of drug-likeness (QED) is 0.770. The van der Waals surface area contributed by atoms with Gasteiger partial charge < -0.3 is 9.84 Å². The van der Waals surface area contributed by atoms with Crippen molar-refractivity contribution < 1.29 is 9.84 Å². The number of rotatable bonds is 2. The van der Waals surface area contributed by atoms with E-state index in [1.807, 2.05) is 18.2 Å². The minimum absolute atomic E-state index is 0.181. The Morgan fingerprint density at radius 1 is 0.818 bits per heavy atom. The van der Waals surface area contributed by atoms with Crippen LogP contribution in [0.1, 0.15) is 11.1 Å². The average molecular weight is 286 g/mol. The third-order valence-corrected chi connectivity index (χ3v) is 3.32. The molecule has 0 fully saturated rings. The number of hydrogen-bond acceptors (Lipinski definition) is 4. The minimum atomic E-state index is 0.181.